The van der Waals surface area contributed by atoms with Crippen molar-refractivity contribution in [1.82, 2.24) is 5.32 Å². The monoisotopic (exact) mass is 321 g/mol. The maximum absolute atomic E-state index is 12.0. The second-order valence-corrected chi connectivity index (χ2v) is 6.10. The van der Waals surface area contributed by atoms with Gasteiger partial charge in [0.1, 0.15) is 4.88 Å². The van der Waals surface area contributed by atoms with Gasteiger partial charge in [-0.3, -0.25) is 4.79 Å². The van der Waals surface area contributed by atoms with Gasteiger partial charge in [-0.05, 0) is 37.1 Å². The van der Waals surface area contributed by atoms with Crippen LogP contribution in [0.5, 0.6) is 0 Å². The fourth-order valence-corrected chi connectivity index (χ4v) is 3.65. The highest BCUT2D eigenvalue weighted by Gasteiger charge is 2.37. The number of carbonyl (C=O) groups excluding carboxylic acids is 1. The second kappa shape index (κ2) is 4.67. The lowest BCUT2D eigenvalue weighted by Gasteiger charge is -2.41. The summed E-state index contributed by atoms with van der Waals surface area (Å²) in [5.41, 5.74) is 0.927. The highest BCUT2D eigenvalue weighted by atomic mass is 79.9. The van der Waals surface area contributed by atoms with Crippen LogP contribution >= 0.6 is 38.9 Å². The Morgan fingerprint density at radius 1 is 1.69 bits per heavy atom. The van der Waals surface area contributed by atoms with Crippen molar-refractivity contribution in [2.75, 3.05) is 5.33 Å². The van der Waals surface area contributed by atoms with Gasteiger partial charge in [0.15, 0.2) is 0 Å². The molecule has 1 amide bonds. The minimum absolute atomic E-state index is 0.0396. The number of amides is 1. The molecule has 1 aliphatic rings. The number of alkyl halides is 1. The van der Waals surface area contributed by atoms with Gasteiger partial charge in [0.05, 0.1) is 10.6 Å². The Morgan fingerprint density at radius 3 is 2.75 bits per heavy atom. The first-order chi connectivity index (χ1) is 7.58. The fraction of sp³-hybridized carbons (Fsp3) is 0.545. The van der Waals surface area contributed by atoms with Crippen molar-refractivity contribution in [2.45, 2.75) is 31.7 Å². The quantitative estimate of drug-likeness (QED) is 0.844. The molecule has 5 heteroatoms. The van der Waals surface area contributed by atoms with Gasteiger partial charge in [0.2, 0.25) is 0 Å². The molecule has 0 aromatic carbocycles. The van der Waals surface area contributed by atoms with Gasteiger partial charge in [-0.2, -0.15) is 0 Å². The number of rotatable bonds is 3. The van der Waals surface area contributed by atoms with Crippen molar-refractivity contribution >= 4 is 44.8 Å². The third-order valence-electron chi connectivity index (χ3n) is 3.05. The van der Waals surface area contributed by atoms with Crippen LogP contribution in [0.4, 0.5) is 0 Å². The van der Waals surface area contributed by atoms with Gasteiger partial charge < -0.3 is 5.32 Å². The van der Waals surface area contributed by atoms with Crippen LogP contribution in [0, 0.1) is 6.92 Å². The Kier molecular flexibility index (Phi) is 3.62. The molecule has 0 aliphatic heterocycles. The molecule has 1 aromatic heterocycles. The molecule has 1 saturated carbocycles. The predicted molar refractivity (Wildman–Crippen MR) is 71.9 cm³/mol. The molecule has 0 atom stereocenters. The lowest BCUT2D eigenvalue weighted by atomic mass is 9.78. The fourth-order valence-electron chi connectivity index (χ4n) is 1.78. The minimum atomic E-state index is -0.0433. The van der Waals surface area contributed by atoms with E-state index in [2.05, 4.69) is 21.2 Å². The highest BCUT2D eigenvalue weighted by molar-refractivity contribution is 9.09. The summed E-state index contributed by atoms with van der Waals surface area (Å²) in [7, 11) is 0. The summed E-state index contributed by atoms with van der Waals surface area (Å²) in [5.74, 6) is -0.0396. The molecule has 88 valence electrons. The molecule has 16 heavy (non-hydrogen) atoms. The van der Waals surface area contributed by atoms with Gasteiger partial charge in [-0.1, -0.05) is 27.5 Å². The Balaban J connectivity index is 2.11. The second-order valence-electron chi connectivity index (χ2n) is 4.28. The summed E-state index contributed by atoms with van der Waals surface area (Å²) in [6.45, 7) is 1.92. The van der Waals surface area contributed by atoms with E-state index in [1.165, 1.54) is 17.8 Å². The van der Waals surface area contributed by atoms with Gasteiger partial charge in [0.25, 0.3) is 5.91 Å². The predicted octanol–water partition coefficient (Wildman–Crippen LogP) is 3.76. The zero-order valence-corrected chi connectivity index (χ0v) is 12.1. The first-order valence-corrected chi connectivity index (χ1v) is 7.58. The Labute approximate surface area is 113 Å². The molecule has 1 aromatic rings. The van der Waals surface area contributed by atoms with Crippen molar-refractivity contribution in [1.29, 1.82) is 0 Å². The number of hydrogen-bond acceptors (Lipinski definition) is 2. The van der Waals surface area contributed by atoms with E-state index in [4.69, 9.17) is 11.6 Å². The van der Waals surface area contributed by atoms with E-state index >= 15 is 0 Å². The van der Waals surface area contributed by atoms with Crippen LogP contribution < -0.4 is 5.32 Å². The van der Waals surface area contributed by atoms with Crippen molar-refractivity contribution < 1.29 is 4.79 Å². The van der Waals surface area contributed by atoms with E-state index < -0.39 is 0 Å². The van der Waals surface area contributed by atoms with Gasteiger partial charge in [-0.25, -0.2) is 0 Å². The Hall–Kier alpha value is -0.0600. The summed E-state index contributed by atoms with van der Waals surface area (Å²) in [6, 6.07) is 0. The number of aryl methyl sites for hydroxylation is 1. The normalized spacial score (nSPS) is 17.9. The van der Waals surface area contributed by atoms with E-state index in [1.54, 1.807) is 0 Å². The average Bonchev–Trinajstić information content (AvgIpc) is 2.54. The summed E-state index contributed by atoms with van der Waals surface area (Å²) < 4.78 is 0. The zero-order valence-electron chi connectivity index (χ0n) is 8.98. The van der Waals surface area contributed by atoms with Crippen molar-refractivity contribution in [3.63, 3.8) is 0 Å². The molecule has 2 rings (SSSR count). The van der Waals surface area contributed by atoms with E-state index in [0.717, 1.165) is 23.7 Å². The smallest absolute Gasteiger partial charge is 0.263 e. The molecular weight excluding hydrogens is 310 g/mol. The van der Waals surface area contributed by atoms with E-state index in [-0.39, 0.29) is 11.4 Å². The topological polar surface area (TPSA) is 29.1 Å². The molecule has 1 fully saturated rings. The van der Waals surface area contributed by atoms with Crippen molar-refractivity contribution in [3.8, 4) is 0 Å². The molecule has 0 radical (unpaired) electrons. The highest BCUT2D eigenvalue weighted by Crippen LogP contribution is 2.35. The van der Waals surface area contributed by atoms with Crippen LogP contribution in [0.25, 0.3) is 0 Å². The lowest BCUT2D eigenvalue weighted by molar-refractivity contribution is 0.0861. The van der Waals surface area contributed by atoms with Gasteiger partial charge >= 0.3 is 0 Å². The van der Waals surface area contributed by atoms with E-state index in [0.29, 0.717) is 9.90 Å². The Morgan fingerprint density at radius 2 is 2.38 bits per heavy atom. The molecule has 0 unspecified atom stereocenters. The van der Waals surface area contributed by atoms with Gasteiger partial charge in [0, 0.05) is 5.33 Å². The number of hydrogen-bond donors (Lipinski definition) is 1. The van der Waals surface area contributed by atoms with Crippen LogP contribution in [0.3, 0.4) is 0 Å². The lowest BCUT2D eigenvalue weighted by Crippen LogP contribution is -2.54. The van der Waals surface area contributed by atoms with Crippen molar-refractivity contribution in [2.24, 2.45) is 0 Å². The molecule has 0 spiro atoms. The largest absolute Gasteiger partial charge is 0.345 e. The van der Waals surface area contributed by atoms with Crippen molar-refractivity contribution in [3.05, 3.63) is 20.8 Å². The van der Waals surface area contributed by atoms with E-state index in [1.807, 2.05) is 12.3 Å². The van der Waals surface area contributed by atoms with Crippen LogP contribution in [-0.2, 0) is 0 Å². The summed E-state index contributed by atoms with van der Waals surface area (Å²) in [5, 5.41) is 6.41. The number of carbonyl (C=O) groups is 1. The first kappa shape index (κ1) is 12.4. The first-order valence-electron chi connectivity index (χ1n) is 5.20. The number of halogens is 2. The summed E-state index contributed by atoms with van der Waals surface area (Å²) >= 11 is 10.9. The average molecular weight is 323 g/mol. The van der Waals surface area contributed by atoms with E-state index in [9.17, 15) is 4.79 Å². The molecule has 1 heterocycles. The maximum atomic E-state index is 12.0. The number of thiophene rings is 1. The molecule has 1 aliphatic carbocycles. The van der Waals surface area contributed by atoms with Crippen LogP contribution in [0.2, 0.25) is 5.02 Å². The molecule has 0 saturated heterocycles. The zero-order chi connectivity index (χ0) is 11.8. The summed E-state index contributed by atoms with van der Waals surface area (Å²) in [6.07, 6.45) is 3.28. The van der Waals surface area contributed by atoms with Crippen LogP contribution in [0.1, 0.15) is 34.5 Å². The SMILES string of the molecule is Cc1csc(C(=O)NC2(CBr)CCC2)c1Cl. The standard InChI is InChI=1S/C11H13BrClNOS/c1-7-5-16-9(8(7)13)10(15)14-11(6-12)3-2-4-11/h5H,2-4,6H2,1H3,(H,14,15). The molecule has 0 bridgehead atoms. The van der Waals surface area contributed by atoms with Crippen LogP contribution in [0.15, 0.2) is 5.38 Å². The third-order valence-corrected chi connectivity index (χ3v) is 5.82. The number of nitrogens with one attached hydrogen (secondary N) is 1. The summed E-state index contributed by atoms with van der Waals surface area (Å²) in [4.78, 5) is 12.7. The minimum Gasteiger partial charge on any atom is -0.345 e. The van der Waals surface area contributed by atoms with Gasteiger partial charge in [-0.15, -0.1) is 11.3 Å². The maximum Gasteiger partial charge on any atom is 0.263 e. The third kappa shape index (κ3) is 2.15. The molecular formula is C11H13BrClNOS. The molecule has 1 N–H and O–H groups in total. The Bertz CT molecular complexity index is 409. The van der Waals surface area contributed by atoms with Crippen LogP contribution in [-0.4, -0.2) is 16.8 Å². The molecule has 2 nitrogen and oxygen atoms in total.